The average Bonchev–Trinajstić information content (AvgIpc) is 3.10. The summed E-state index contributed by atoms with van der Waals surface area (Å²) in [6, 6.07) is 12.6. The lowest BCUT2D eigenvalue weighted by Gasteiger charge is -2.17. The molecule has 1 N–H and O–H groups in total. The summed E-state index contributed by atoms with van der Waals surface area (Å²) in [5.74, 6) is 0.207. The molecule has 3 rings (SSSR count). The van der Waals surface area contributed by atoms with Crippen molar-refractivity contribution in [3.05, 3.63) is 60.2 Å². The Kier molecular flexibility index (Phi) is 5.93. The molecule has 0 saturated carbocycles. The van der Waals surface area contributed by atoms with E-state index in [2.05, 4.69) is 10.3 Å². The van der Waals surface area contributed by atoms with E-state index in [0.29, 0.717) is 36.6 Å². The van der Waals surface area contributed by atoms with Crippen molar-refractivity contribution in [2.45, 2.75) is 20.8 Å². The Bertz CT molecular complexity index is 992. The average molecular weight is 380 g/mol. The Balaban J connectivity index is 2.00. The fourth-order valence-corrected chi connectivity index (χ4v) is 3.04. The predicted molar refractivity (Wildman–Crippen MR) is 108 cm³/mol. The highest BCUT2D eigenvalue weighted by Gasteiger charge is 2.24. The van der Waals surface area contributed by atoms with Crippen LogP contribution in [-0.2, 0) is 0 Å². The highest BCUT2D eigenvalue weighted by atomic mass is 16.5. The highest BCUT2D eigenvalue weighted by molar-refractivity contribution is 6.09. The molecule has 2 aromatic heterocycles. The maximum atomic E-state index is 13.0. The molecule has 146 valence electrons. The second-order valence-corrected chi connectivity index (χ2v) is 6.10. The van der Waals surface area contributed by atoms with E-state index in [9.17, 15) is 9.59 Å². The fourth-order valence-electron chi connectivity index (χ4n) is 3.04. The van der Waals surface area contributed by atoms with Crippen LogP contribution in [0.5, 0.6) is 5.75 Å². The topological polar surface area (TPSA) is 75.9 Å². The molecule has 0 fully saturated rings. The molecule has 0 radical (unpaired) electrons. The number of imidazole rings is 1. The van der Waals surface area contributed by atoms with Crippen LogP contribution >= 0.6 is 0 Å². The van der Waals surface area contributed by atoms with Crippen molar-refractivity contribution in [1.29, 1.82) is 0 Å². The maximum absolute atomic E-state index is 13.0. The molecule has 1 aromatic carbocycles. The fraction of sp³-hybridized carbons (Fsp3) is 0.286. The molecule has 0 aliphatic carbocycles. The minimum atomic E-state index is -0.394. The SMILES string of the molecule is CCOc1ccccc1NC(=O)c1nc(C(=O)N(CC)CC)n2ccccc12. The Hall–Kier alpha value is -3.35. The van der Waals surface area contributed by atoms with Crippen LogP contribution < -0.4 is 10.1 Å². The van der Waals surface area contributed by atoms with Gasteiger partial charge in [0.05, 0.1) is 17.8 Å². The molecule has 28 heavy (non-hydrogen) atoms. The van der Waals surface area contributed by atoms with Crippen molar-refractivity contribution in [2.75, 3.05) is 25.0 Å². The van der Waals surface area contributed by atoms with Crippen LogP contribution in [0.15, 0.2) is 48.7 Å². The van der Waals surface area contributed by atoms with Crippen molar-refractivity contribution in [3.8, 4) is 5.75 Å². The van der Waals surface area contributed by atoms with E-state index in [4.69, 9.17) is 4.74 Å². The quantitative estimate of drug-likeness (QED) is 0.681. The van der Waals surface area contributed by atoms with Crippen molar-refractivity contribution in [2.24, 2.45) is 0 Å². The maximum Gasteiger partial charge on any atom is 0.290 e. The van der Waals surface area contributed by atoms with Gasteiger partial charge in [0.2, 0.25) is 5.82 Å². The molecular formula is C21H24N4O3. The number of hydrogen-bond acceptors (Lipinski definition) is 4. The largest absolute Gasteiger partial charge is 0.492 e. The number of fused-ring (bicyclic) bond motifs is 1. The van der Waals surface area contributed by atoms with Crippen LogP contribution in [0.25, 0.3) is 5.52 Å². The summed E-state index contributed by atoms with van der Waals surface area (Å²) in [5.41, 5.74) is 1.33. The Labute approximate surface area is 163 Å². The third-order valence-corrected chi connectivity index (χ3v) is 4.44. The van der Waals surface area contributed by atoms with Gasteiger partial charge in [-0.1, -0.05) is 18.2 Å². The number of para-hydroxylation sites is 2. The Morgan fingerprint density at radius 2 is 1.79 bits per heavy atom. The highest BCUT2D eigenvalue weighted by Crippen LogP contribution is 2.25. The molecule has 7 nitrogen and oxygen atoms in total. The lowest BCUT2D eigenvalue weighted by atomic mass is 10.2. The number of anilines is 1. The molecule has 7 heteroatoms. The molecular weight excluding hydrogens is 356 g/mol. The third-order valence-electron chi connectivity index (χ3n) is 4.44. The van der Waals surface area contributed by atoms with Crippen LogP contribution in [0.3, 0.4) is 0 Å². The molecule has 0 unspecified atom stereocenters. The van der Waals surface area contributed by atoms with E-state index < -0.39 is 5.91 Å². The van der Waals surface area contributed by atoms with E-state index in [-0.39, 0.29) is 17.4 Å². The van der Waals surface area contributed by atoms with Crippen molar-refractivity contribution >= 4 is 23.0 Å². The summed E-state index contributed by atoms with van der Waals surface area (Å²) < 4.78 is 7.22. The van der Waals surface area contributed by atoms with Crippen LogP contribution in [-0.4, -0.2) is 45.8 Å². The number of nitrogens with one attached hydrogen (secondary N) is 1. The van der Waals surface area contributed by atoms with Crippen LogP contribution in [0.1, 0.15) is 41.9 Å². The van der Waals surface area contributed by atoms with Crippen LogP contribution in [0.2, 0.25) is 0 Å². The van der Waals surface area contributed by atoms with Gasteiger partial charge in [-0.15, -0.1) is 0 Å². The summed E-state index contributed by atoms with van der Waals surface area (Å²) in [6.45, 7) is 7.33. The number of aromatic nitrogens is 2. The zero-order valence-corrected chi connectivity index (χ0v) is 16.3. The first-order chi connectivity index (χ1) is 13.6. The molecule has 0 bridgehead atoms. The minimum Gasteiger partial charge on any atom is -0.492 e. The summed E-state index contributed by atoms with van der Waals surface area (Å²) in [7, 11) is 0. The van der Waals surface area contributed by atoms with Crippen molar-refractivity contribution < 1.29 is 14.3 Å². The van der Waals surface area contributed by atoms with E-state index >= 15 is 0 Å². The second kappa shape index (κ2) is 8.56. The lowest BCUT2D eigenvalue weighted by Crippen LogP contribution is -2.32. The smallest absolute Gasteiger partial charge is 0.290 e. The van der Waals surface area contributed by atoms with Gasteiger partial charge in [0.1, 0.15) is 5.75 Å². The molecule has 0 saturated heterocycles. The Morgan fingerprint density at radius 1 is 1.07 bits per heavy atom. The number of amides is 2. The van der Waals surface area contributed by atoms with Gasteiger partial charge in [0.25, 0.3) is 11.8 Å². The number of hydrogen-bond donors (Lipinski definition) is 1. The first kappa shape index (κ1) is 19.4. The van der Waals surface area contributed by atoms with Gasteiger partial charge in [-0.05, 0) is 45.0 Å². The molecule has 0 atom stereocenters. The van der Waals surface area contributed by atoms with E-state index in [1.807, 2.05) is 39.0 Å². The zero-order chi connectivity index (χ0) is 20.1. The van der Waals surface area contributed by atoms with Gasteiger partial charge < -0.3 is 15.0 Å². The van der Waals surface area contributed by atoms with Crippen molar-refractivity contribution in [3.63, 3.8) is 0 Å². The first-order valence-corrected chi connectivity index (χ1v) is 9.40. The van der Waals surface area contributed by atoms with Gasteiger partial charge in [0, 0.05) is 19.3 Å². The van der Waals surface area contributed by atoms with Crippen LogP contribution in [0.4, 0.5) is 5.69 Å². The van der Waals surface area contributed by atoms with Gasteiger partial charge in [-0.3, -0.25) is 14.0 Å². The number of benzene rings is 1. The monoisotopic (exact) mass is 380 g/mol. The van der Waals surface area contributed by atoms with Crippen molar-refractivity contribution in [1.82, 2.24) is 14.3 Å². The van der Waals surface area contributed by atoms with E-state index in [0.717, 1.165) is 0 Å². The first-order valence-electron chi connectivity index (χ1n) is 9.40. The van der Waals surface area contributed by atoms with E-state index in [1.54, 1.807) is 39.8 Å². The number of ether oxygens (including phenoxy) is 1. The van der Waals surface area contributed by atoms with Gasteiger partial charge in [-0.2, -0.15) is 0 Å². The number of rotatable bonds is 7. The number of pyridine rings is 1. The molecule has 2 amide bonds. The zero-order valence-electron chi connectivity index (χ0n) is 16.3. The van der Waals surface area contributed by atoms with Crippen LogP contribution in [0, 0.1) is 0 Å². The number of nitrogens with zero attached hydrogens (tertiary/aromatic N) is 3. The normalized spacial score (nSPS) is 10.7. The summed E-state index contributed by atoms with van der Waals surface area (Å²) in [6.07, 6.45) is 1.74. The lowest BCUT2D eigenvalue weighted by molar-refractivity contribution is 0.0760. The van der Waals surface area contributed by atoms with Gasteiger partial charge in [-0.25, -0.2) is 4.98 Å². The molecule has 0 aliphatic heterocycles. The van der Waals surface area contributed by atoms with Gasteiger partial charge in [0.15, 0.2) is 5.69 Å². The third kappa shape index (κ3) is 3.69. The minimum absolute atomic E-state index is 0.197. The second-order valence-electron chi connectivity index (χ2n) is 6.10. The predicted octanol–water partition coefficient (Wildman–Crippen LogP) is 3.47. The molecule has 0 aliphatic rings. The summed E-state index contributed by atoms with van der Waals surface area (Å²) >= 11 is 0. The molecule has 2 heterocycles. The summed E-state index contributed by atoms with van der Waals surface area (Å²) in [4.78, 5) is 31.9. The summed E-state index contributed by atoms with van der Waals surface area (Å²) in [5, 5.41) is 2.85. The van der Waals surface area contributed by atoms with E-state index in [1.165, 1.54) is 0 Å². The molecule has 3 aromatic rings. The van der Waals surface area contributed by atoms with Gasteiger partial charge >= 0.3 is 0 Å². The Morgan fingerprint density at radius 3 is 2.50 bits per heavy atom. The standard InChI is InChI=1S/C21H24N4O3/c1-4-24(5-2)21(27)19-23-18(16-12-9-10-14-25(16)19)20(26)22-15-11-7-8-13-17(15)28-6-3/h7-14H,4-6H2,1-3H3,(H,22,26). The number of carbonyl (C=O) groups is 2. The molecule has 0 spiro atoms. The number of carbonyl (C=O) groups excluding carboxylic acids is 2.